The van der Waals surface area contributed by atoms with Gasteiger partial charge in [0.25, 0.3) is 0 Å². The van der Waals surface area contributed by atoms with Crippen LogP contribution < -0.4 is 0 Å². The molecule has 3 heteroatoms. The molecule has 3 nitrogen and oxygen atoms in total. The third-order valence-electron chi connectivity index (χ3n) is 2.28. The number of nitrogens with zero attached hydrogens (tertiary/aromatic N) is 2. The molecule has 0 N–H and O–H groups in total. The minimum Gasteiger partial charge on any atom is -0.399 e. The fraction of sp³-hybridized carbons (Fsp3) is 0.692. The van der Waals surface area contributed by atoms with Crippen LogP contribution in [0, 0.1) is 11.3 Å². The number of rotatable bonds is 9. The van der Waals surface area contributed by atoms with Gasteiger partial charge in [0, 0.05) is 0 Å². The zero-order valence-electron chi connectivity index (χ0n) is 10.4. The fourth-order valence-electron chi connectivity index (χ4n) is 1.45. The molecular formula is C13H22N2O. The molecule has 0 aliphatic heterocycles. The number of allylic oxidation sites excluding steroid dienone is 2. The van der Waals surface area contributed by atoms with Crippen molar-refractivity contribution in [2.45, 2.75) is 51.9 Å². The van der Waals surface area contributed by atoms with Crippen LogP contribution in [0.2, 0.25) is 0 Å². The lowest BCUT2D eigenvalue weighted by molar-refractivity contribution is 0.212. The molecule has 0 atom stereocenters. The van der Waals surface area contributed by atoms with Gasteiger partial charge in [0.2, 0.25) is 0 Å². The van der Waals surface area contributed by atoms with E-state index in [0.29, 0.717) is 6.42 Å². The van der Waals surface area contributed by atoms with E-state index in [1.165, 1.54) is 25.7 Å². The predicted molar refractivity (Wildman–Crippen MR) is 67.2 cm³/mol. The summed E-state index contributed by atoms with van der Waals surface area (Å²) in [7, 11) is 1.58. The van der Waals surface area contributed by atoms with Gasteiger partial charge in [0.05, 0.1) is 18.2 Å². The predicted octanol–water partition coefficient (Wildman–Crippen LogP) is 3.82. The first-order valence-corrected chi connectivity index (χ1v) is 5.89. The third-order valence-corrected chi connectivity index (χ3v) is 2.28. The van der Waals surface area contributed by atoms with Gasteiger partial charge in [0.15, 0.2) is 0 Å². The lowest BCUT2D eigenvalue weighted by atomic mass is 10.1. The lowest BCUT2D eigenvalue weighted by Crippen LogP contribution is -1.92. The summed E-state index contributed by atoms with van der Waals surface area (Å²) in [5.74, 6) is 0. The molecule has 0 aliphatic rings. The smallest absolute Gasteiger partial charge is 0.106 e. The summed E-state index contributed by atoms with van der Waals surface area (Å²) >= 11 is 0. The first kappa shape index (κ1) is 14.7. The van der Waals surface area contributed by atoms with Crippen molar-refractivity contribution in [3.63, 3.8) is 0 Å². The first-order valence-electron chi connectivity index (χ1n) is 5.89. The molecule has 0 radical (unpaired) electrons. The summed E-state index contributed by atoms with van der Waals surface area (Å²) in [6.45, 7) is 1.99. The Morgan fingerprint density at radius 2 is 2.00 bits per heavy atom. The minimum atomic E-state index is 0.534. The summed E-state index contributed by atoms with van der Waals surface area (Å²) in [6.07, 6.45) is 11.6. The lowest BCUT2D eigenvalue weighted by Gasteiger charge is -1.99. The molecule has 0 aromatic heterocycles. The third kappa shape index (κ3) is 10.8. The van der Waals surface area contributed by atoms with Gasteiger partial charge in [-0.2, -0.15) is 5.26 Å². The molecule has 0 bridgehead atoms. The topological polar surface area (TPSA) is 45.4 Å². The van der Waals surface area contributed by atoms with E-state index in [2.05, 4.69) is 22.1 Å². The molecule has 90 valence electrons. The molecule has 0 aromatic rings. The Balaban J connectivity index is 3.22. The van der Waals surface area contributed by atoms with Crippen molar-refractivity contribution in [1.82, 2.24) is 0 Å². The second-order valence-electron chi connectivity index (χ2n) is 3.80. The molecule has 0 rings (SSSR count). The van der Waals surface area contributed by atoms with Crippen LogP contribution >= 0.6 is 0 Å². The maximum atomic E-state index is 8.31. The number of unbranched alkanes of at least 4 members (excludes halogenated alkanes) is 4. The molecule has 0 aliphatic carbocycles. The Morgan fingerprint density at radius 3 is 2.69 bits per heavy atom. The largest absolute Gasteiger partial charge is 0.399 e. The van der Waals surface area contributed by atoms with Gasteiger partial charge in [0.1, 0.15) is 7.11 Å². The second kappa shape index (κ2) is 11.8. The highest BCUT2D eigenvalue weighted by atomic mass is 16.6. The van der Waals surface area contributed by atoms with E-state index in [-0.39, 0.29) is 0 Å². The summed E-state index contributed by atoms with van der Waals surface area (Å²) in [4.78, 5) is 4.69. The van der Waals surface area contributed by atoms with Gasteiger partial charge in [-0.3, -0.25) is 0 Å². The molecular weight excluding hydrogens is 200 g/mol. The Hall–Kier alpha value is -1.30. The maximum Gasteiger partial charge on any atom is 0.106 e. The van der Waals surface area contributed by atoms with Crippen molar-refractivity contribution in [3.8, 4) is 6.07 Å². The van der Waals surface area contributed by atoms with Crippen LogP contribution in [0.1, 0.15) is 51.9 Å². The summed E-state index contributed by atoms with van der Waals surface area (Å²) in [5, 5.41) is 12.2. The van der Waals surface area contributed by atoms with Gasteiger partial charge >= 0.3 is 0 Å². The Bertz CT molecular complexity index is 251. The van der Waals surface area contributed by atoms with E-state index in [1.54, 1.807) is 7.11 Å². The van der Waals surface area contributed by atoms with E-state index < -0.39 is 0 Å². The molecule has 0 unspecified atom stereocenters. The van der Waals surface area contributed by atoms with Crippen molar-refractivity contribution in [1.29, 1.82) is 5.26 Å². The average molecular weight is 222 g/mol. The van der Waals surface area contributed by atoms with Crippen LogP contribution in [0.5, 0.6) is 0 Å². The standard InChI is InChI=1S/C13H22N2O/c1-13(15-16-2)11-9-7-5-3-4-6-8-10-12-14/h6,8H,3-5,7,9-11H2,1-2H3. The van der Waals surface area contributed by atoms with E-state index >= 15 is 0 Å². The van der Waals surface area contributed by atoms with Crippen LogP contribution in [0.4, 0.5) is 0 Å². The van der Waals surface area contributed by atoms with Gasteiger partial charge in [-0.25, -0.2) is 0 Å². The fourth-order valence-corrected chi connectivity index (χ4v) is 1.45. The summed E-state index contributed by atoms with van der Waals surface area (Å²) in [5.41, 5.74) is 1.07. The van der Waals surface area contributed by atoms with Gasteiger partial charge in [-0.05, 0) is 32.6 Å². The number of hydrogen-bond acceptors (Lipinski definition) is 3. The molecule has 0 heterocycles. The van der Waals surface area contributed by atoms with Crippen LogP contribution in [-0.2, 0) is 4.84 Å². The van der Waals surface area contributed by atoms with E-state index in [9.17, 15) is 0 Å². The normalized spacial score (nSPS) is 11.7. The molecule has 0 spiro atoms. The van der Waals surface area contributed by atoms with Gasteiger partial charge in [-0.15, -0.1) is 0 Å². The highest BCUT2D eigenvalue weighted by Gasteiger charge is 1.93. The van der Waals surface area contributed by atoms with Crippen molar-refractivity contribution < 1.29 is 4.84 Å². The number of oxime groups is 1. The molecule has 16 heavy (non-hydrogen) atoms. The van der Waals surface area contributed by atoms with E-state index in [4.69, 9.17) is 5.26 Å². The average Bonchev–Trinajstić information content (AvgIpc) is 2.27. The van der Waals surface area contributed by atoms with Gasteiger partial charge < -0.3 is 4.84 Å². The van der Waals surface area contributed by atoms with Crippen LogP contribution in [0.3, 0.4) is 0 Å². The van der Waals surface area contributed by atoms with Gasteiger partial charge in [-0.1, -0.05) is 30.1 Å². The highest BCUT2D eigenvalue weighted by molar-refractivity contribution is 5.81. The zero-order chi connectivity index (χ0) is 12.1. The van der Waals surface area contributed by atoms with Crippen LogP contribution in [0.15, 0.2) is 17.3 Å². The number of nitriles is 1. The molecule has 0 amide bonds. The minimum absolute atomic E-state index is 0.534. The molecule has 0 saturated carbocycles. The molecule has 0 saturated heterocycles. The monoisotopic (exact) mass is 222 g/mol. The van der Waals surface area contributed by atoms with E-state index in [0.717, 1.165) is 18.6 Å². The van der Waals surface area contributed by atoms with Crippen molar-refractivity contribution in [2.75, 3.05) is 7.11 Å². The SMILES string of the molecule is CON=C(C)CCCCCCC=CCC#N. The number of hydrogen-bond donors (Lipinski definition) is 0. The van der Waals surface area contributed by atoms with Crippen molar-refractivity contribution in [3.05, 3.63) is 12.2 Å². The van der Waals surface area contributed by atoms with Crippen LogP contribution in [0.25, 0.3) is 0 Å². The van der Waals surface area contributed by atoms with Crippen LogP contribution in [-0.4, -0.2) is 12.8 Å². The Labute approximate surface area is 98.8 Å². The maximum absolute atomic E-state index is 8.31. The molecule has 0 fully saturated rings. The van der Waals surface area contributed by atoms with E-state index in [1.807, 2.05) is 13.0 Å². The Morgan fingerprint density at radius 1 is 1.25 bits per heavy atom. The quantitative estimate of drug-likeness (QED) is 0.258. The summed E-state index contributed by atoms with van der Waals surface area (Å²) in [6, 6.07) is 2.09. The summed E-state index contributed by atoms with van der Waals surface area (Å²) < 4.78 is 0. The first-order chi connectivity index (χ1) is 7.81. The van der Waals surface area contributed by atoms with Crippen molar-refractivity contribution in [2.24, 2.45) is 5.16 Å². The Kier molecular flexibility index (Phi) is 10.8. The molecule has 0 aromatic carbocycles. The highest BCUT2D eigenvalue weighted by Crippen LogP contribution is 2.07. The second-order valence-corrected chi connectivity index (χ2v) is 3.80. The van der Waals surface area contributed by atoms with Crippen molar-refractivity contribution >= 4 is 5.71 Å². The zero-order valence-corrected chi connectivity index (χ0v) is 10.4.